The van der Waals surface area contributed by atoms with Gasteiger partial charge in [0, 0.05) is 0 Å². The molecule has 0 fully saturated rings. The monoisotopic (exact) mass is 386 g/mol. The molecule has 0 aliphatic carbocycles. The lowest BCUT2D eigenvalue weighted by Crippen LogP contribution is -2.41. The first-order valence-corrected chi connectivity index (χ1v) is 12.4. The van der Waals surface area contributed by atoms with Gasteiger partial charge >= 0.3 is 10.4 Å². The molecule has 1 atom stereocenters. The number of hydrogen-bond donors (Lipinski definition) is 2. The van der Waals surface area contributed by atoms with Crippen LogP contribution in [0.2, 0.25) is 19.6 Å². The van der Waals surface area contributed by atoms with Crippen molar-refractivity contribution in [3.63, 3.8) is 0 Å². The summed E-state index contributed by atoms with van der Waals surface area (Å²) in [7, 11) is -13.5. The van der Waals surface area contributed by atoms with Gasteiger partial charge in [0.05, 0.1) is 6.61 Å². The zero-order chi connectivity index (χ0) is 16.9. The van der Waals surface area contributed by atoms with E-state index >= 15 is 0 Å². The van der Waals surface area contributed by atoms with Gasteiger partial charge in [-0.1, -0.05) is 0 Å². The second-order valence-electron chi connectivity index (χ2n) is 5.13. The summed E-state index contributed by atoms with van der Waals surface area (Å²) in [6.45, 7) is 4.38. The number of hydrogen-bond acceptors (Lipinski definition) is 10. The third kappa shape index (κ3) is 11.2. The molecule has 0 aromatic rings. The van der Waals surface area contributed by atoms with Crippen molar-refractivity contribution in [2.75, 3.05) is 13.2 Å². The quantitative estimate of drug-likeness (QED) is 0.353. The lowest BCUT2D eigenvalue weighted by atomic mass is 10.1. The van der Waals surface area contributed by atoms with Crippen molar-refractivity contribution < 1.29 is 41.7 Å². The molecular formula is C7H18O10S3Si. The first-order chi connectivity index (χ1) is 9.25. The highest BCUT2D eigenvalue weighted by atomic mass is 32.3. The lowest BCUT2D eigenvalue weighted by molar-refractivity contribution is 0.00743. The van der Waals surface area contributed by atoms with E-state index in [0.29, 0.717) is 0 Å². The molecule has 14 heteroatoms. The fourth-order valence-corrected chi connectivity index (χ4v) is 4.87. The summed E-state index contributed by atoms with van der Waals surface area (Å²) >= 11 is 0. The minimum Gasteiger partial charge on any atom is -0.294 e. The van der Waals surface area contributed by atoms with Crippen molar-refractivity contribution in [3.8, 4) is 0 Å². The van der Waals surface area contributed by atoms with Gasteiger partial charge in [-0.2, -0.15) is 8.42 Å². The van der Waals surface area contributed by atoms with Gasteiger partial charge in [-0.25, -0.2) is 21.0 Å². The SMILES string of the molecule is CC(CO[SH](=O)=O)(COS(=O)(=O)O[Si](C)(C)C)O[SH](=O)=O. The van der Waals surface area contributed by atoms with Crippen LogP contribution in [-0.4, -0.2) is 52.4 Å². The summed E-state index contributed by atoms with van der Waals surface area (Å²) in [5, 5.41) is 0. The van der Waals surface area contributed by atoms with Crippen molar-refractivity contribution in [3.05, 3.63) is 0 Å². The molecule has 0 aliphatic heterocycles. The molecule has 1 unspecified atom stereocenters. The Hall–Kier alpha value is -0.0931. The molecule has 0 aliphatic rings. The van der Waals surface area contributed by atoms with E-state index in [9.17, 15) is 25.3 Å². The van der Waals surface area contributed by atoms with Crippen molar-refractivity contribution in [2.45, 2.75) is 32.2 Å². The first-order valence-electron chi connectivity index (χ1n) is 5.45. The summed E-state index contributed by atoms with van der Waals surface area (Å²) in [5.41, 5.74) is -1.83. The van der Waals surface area contributed by atoms with E-state index in [2.05, 4.69) is 12.5 Å². The van der Waals surface area contributed by atoms with Crippen LogP contribution in [0.25, 0.3) is 0 Å². The van der Waals surface area contributed by atoms with Gasteiger partial charge < -0.3 is 0 Å². The molecule has 0 aromatic heterocycles. The molecule has 0 rings (SSSR count). The Bertz CT molecular complexity index is 570. The summed E-state index contributed by atoms with van der Waals surface area (Å²) in [6, 6.07) is 0. The minimum atomic E-state index is -4.37. The van der Waals surface area contributed by atoms with Crippen LogP contribution < -0.4 is 0 Å². The zero-order valence-corrected chi connectivity index (χ0v) is 15.4. The van der Waals surface area contributed by atoms with Gasteiger partial charge in [0.25, 0.3) is 22.0 Å². The third-order valence-corrected chi connectivity index (χ3v) is 5.78. The smallest absolute Gasteiger partial charge is 0.294 e. The van der Waals surface area contributed by atoms with Gasteiger partial charge in [0.2, 0.25) is 8.32 Å². The van der Waals surface area contributed by atoms with Crippen LogP contribution in [0.1, 0.15) is 6.92 Å². The summed E-state index contributed by atoms with van der Waals surface area (Å²) < 4.78 is 82.9. The van der Waals surface area contributed by atoms with Crippen molar-refractivity contribution in [1.29, 1.82) is 0 Å². The van der Waals surface area contributed by atoms with E-state index in [1.807, 2.05) is 0 Å². The Kier molecular flexibility index (Phi) is 7.92. The predicted molar refractivity (Wildman–Crippen MR) is 75.4 cm³/mol. The van der Waals surface area contributed by atoms with E-state index in [4.69, 9.17) is 3.87 Å². The Morgan fingerprint density at radius 2 is 1.52 bits per heavy atom. The molecular weight excluding hydrogens is 368 g/mol. The van der Waals surface area contributed by atoms with Crippen LogP contribution in [0.15, 0.2) is 0 Å². The highest BCUT2D eigenvalue weighted by Gasteiger charge is 2.33. The Balaban J connectivity index is 4.90. The third-order valence-electron chi connectivity index (χ3n) is 1.63. The number of thiol groups is 2. The molecule has 0 aromatic carbocycles. The van der Waals surface area contributed by atoms with Crippen molar-refractivity contribution in [1.82, 2.24) is 0 Å². The molecule has 0 saturated carbocycles. The Labute approximate surface area is 128 Å². The number of rotatable bonds is 10. The molecule has 10 nitrogen and oxygen atoms in total. The van der Waals surface area contributed by atoms with Crippen LogP contribution in [0, 0.1) is 0 Å². The minimum absolute atomic E-state index is 0.739. The molecule has 0 amide bonds. The first kappa shape index (κ1) is 20.9. The van der Waals surface area contributed by atoms with Crippen molar-refractivity contribution >= 4 is 40.7 Å². The van der Waals surface area contributed by atoms with Crippen molar-refractivity contribution in [2.24, 2.45) is 0 Å². The fraction of sp³-hybridized carbons (Fsp3) is 1.00. The molecule has 0 saturated heterocycles. The highest BCUT2D eigenvalue weighted by molar-refractivity contribution is 7.83. The van der Waals surface area contributed by atoms with E-state index < -0.39 is 59.5 Å². The van der Waals surface area contributed by atoms with E-state index in [0.717, 1.165) is 6.92 Å². The Morgan fingerprint density at radius 1 is 1.00 bits per heavy atom. The van der Waals surface area contributed by atoms with Crippen LogP contribution in [-0.2, 0) is 48.8 Å². The normalized spacial score (nSPS) is 16.3. The molecule has 0 radical (unpaired) electrons. The van der Waals surface area contributed by atoms with Gasteiger partial charge in [-0.15, -0.1) is 0 Å². The average molecular weight is 386 g/mol. The van der Waals surface area contributed by atoms with Crippen LogP contribution >= 0.6 is 0 Å². The standard InChI is InChI=1S/C7H18O10S3Si/c1-7(16-19(10)11,5-14-18(8)9)6-15-20(12,13)17-21(2,3)4/h18-19H,5-6H2,1-4H3. The predicted octanol–water partition coefficient (Wildman–Crippen LogP) is -1.06. The maximum absolute atomic E-state index is 11.5. The maximum Gasteiger partial charge on any atom is 0.390 e. The van der Waals surface area contributed by atoms with Crippen LogP contribution in [0.5, 0.6) is 0 Å². The van der Waals surface area contributed by atoms with E-state index in [1.54, 1.807) is 19.6 Å². The second kappa shape index (κ2) is 7.96. The summed E-state index contributed by atoms with van der Waals surface area (Å²) in [4.78, 5) is 0. The molecule has 0 heterocycles. The van der Waals surface area contributed by atoms with Gasteiger partial charge in [-0.05, 0) is 26.6 Å². The Morgan fingerprint density at radius 3 is 1.90 bits per heavy atom. The van der Waals surface area contributed by atoms with Crippen LogP contribution in [0.4, 0.5) is 0 Å². The van der Waals surface area contributed by atoms with E-state index in [-0.39, 0.29) is 0 Å². The maximum atomic E-state index is 11.5. The van der Waals surface area contributed by atoms with Gasteiger partial charge in [-0.3, -0.25) is 12.2 Å². The van der Waals surface area contributed by atoms with Crippen LogP contribution in [0.3, 0.4) is 0 Å². The van der Waals surface area contributed by atoms with E-state index in [1.165, 1.54) is 0 Å². The highest BCUT2D eigenvalue weighted by Crippen LogP contribution is 2.16. The van der Waals surface area contributed by atoms with Gasteiger partial charge in [0.15, 0.2) is 0 Å². The lowest BCUT2D eigenvalue weighted by Gasteiger charge is -2.25. The van der Waals surface area contributed by atoms with Gasteiger partial charge in [0.1, 0.15) is 12.2 Å². The average Bonchev–Trinajstić information content (AvgIpc) is 2.20. The largest absolute Gasteiger partial charge is 0.390 e. The molecule has 0 N–H and O–H groups in total. The topological polar surface area (TPSA) is 139 Å². The molecule has 0 spiro atoms. The summed E-state index contributed by atoms with van der Waals surface area (Å²) in [6.07, 6.45) is 0. The molecule has 21 heavy (non-hydrogen) atoms. The summed E-state index contributed by atoms with van der Waals surface area (Å²) in [5.74, 6) is 0. The fourth-order valence-electron chi connectivity index (χ4n) is 0.991. The molecule has 0 bridgehead atoms. The second-order valence-corrected chi connectivity index (χ2v) is 12.4. The molecule has 128 valence electrons. The zero-order valence-electron chi connectivity index (χ0n) is 11.8.